The second kappa shape index (κ2) is 9.75. The quantitative estimate of drug-likeness (QED) is 0.192. The number of hydrogen-bond donors (Lipinski definition) is 0. The smallest absolute Gasteiger partial charge is 0.434 e. The van der Waals surface area contributed by atoms with Crippen molar-refractivity contribution in [2.45, 2.75) is 0 Å². The van der Waals surface area contributed by atoms with Gasteiger partial charge in [0.25, 0.3) is 0 Å². The van der Waals surface area contributed by atoms with Crippen LogP contribution in [-0.4, -0.2) is 11.5 Å². The first kappa shape index (κ1) is 25.3. The lowest BCUT2D eigenvalue weighted by atomic mass is 9.50. The fourth-order valence-corrected chi connectivity index (χ4v) is 7.45. The largest absolute Gasteiger partial charge is 0.551 e. The molecular weight excluding hydrogens is 561 g/mol. The van der Waals surface area contributed by atoms with Crippen molar-refractivity contribution >= 4 is 39.6 Å². The van der Waals surface area contributed by atoms with Gasteiger partial charge in [-0.05, 0) is 64.2 Å². The first-order chi connectivity index (χ1) is 22.8. The van der Waals surface area contributed by atoms with E-state index in [9.17, 15) is 0 Å². The van der Waals surface area contributed by atoms with Gasteiger partial charge in [-0.2, -0.15) is 0 Å². The highest BCUT2D eigenvalue weighted by atomic mass is 16.5. The third-order valence-electron chi connectivity index (χ3n) is 9.50. The fourth-order valence-electron chi connectivity index (χ4n) is 7.45. The summed E-state index contributed by atoms with van der Waals surface area (Å²) in [4.78, 5) is 0. The summed E-state index contributed by atoms with van der Waals surface area (Å²) < 4.78 is 15.9. The first-order valence-electron chi connectivity index (χ1n) is 15.7. The molecule has 7 aromatic carbocycles. The Kier molecular flexibility index (Phi) is 5.37. The lowest BCUT2D eigenvalue weighted by molar-refractivity contribution is 0.479. The number of aromatic nitrogens is 1. The van der Waals surface area contributed by atoms with E-state index in [0.717, 1.165) is 50.6 Å². The number of para-hydroxylation sites is 2. The standard InChI is InChI=1S/C42H26BNO2/c1-2-11-27(12-3-1)30-13-4-5-14-31(30)28-21-24-39-36(25-28)43-42-35(17-10-20-40(42)45-39)34-23-22-29(26-41(34)46-43)44-37-18-8-6-15-32(37)33-16-7-9-19-38(33)44/h1-26H. The van der Waals surface area contributed by atoms with Crippen LogP contribution in [0.2, 0.25) is 0 Å². The van der Waals surface area contributed by atoms with Crippen LogP contribution >= 0.6 is 0 Å². The normalized spacial score (nSPS) is 12.7. The number of hydrogen-bond acceptors (Lipinski definition) is 2. The number of rotatable bonds is 3. The van der Waals surface area contributed by atoms with Gasteiger partial charge in [0, 0.05) is 39.0 Å². The van der Waals surface area contributed by atoms with Gasteiger partial charge >= 0.3 is 6.92 Å². The molecule has 0 amide bonds. The van der Waals surface area contributed by atoms with Gasteiger partial charge in [0.2, 0.25) is 0 Å². The summed E-state index contributed by atoms with van der Waals surface area (Å²) in [6.07, 6.45) is 0. The summed E-state index contributed by atoms with van der Waals surface area (Å²) in [6.45, 7) is -0.292. The van der Waals surface area contributed by atoms with E-state index in [1.54, 1.807) is 0 Å². The Morgan fingerprint density at radius 1 is 0.435 bits per heavy atom. The minimum atomic E-state index is -0.292. The van der Waals surface area contributed by atoms with Crippen molar-refractivity contribution in [1.29, 1.82) is 0 Å². The molecule has 0 fully saturated rings. The number of nitrogens with zero attached hydrogens (tertiary/aromatic N) is 1. The van der Waals surface area contributed by atoms with E-state index in [1.807, 2.05) is 6.07 Å². The highest BCUT2D eigenvalue weighted by Gasteiger charge is 2.41. The Morgan fingerprint density at radius 2 is 1.11 bits per heavy atom. The molecule has 0 unspecified atom stereocenters. The van der Waals surface area contributed by atoms with Gasteiger partial charge in [-0.15, -0.1) is 0 Å². The molecule has 0 bridgehead atoms. The molecule has 0 saturated carbocycles. The molecule has 0 N–H and O–H groups in total. The predicted octanol–water partition coefficient (Wildman–Crippen LogP) is 9.39. The number of ether oxygens (including phenoxy) is 1. The van der Waals surface area contributed by atoms with Crippen molar-refractivity contribution in [2.75, 3.05) is 0 Å². The monoisotopic (exact) mass is 587 g/mol. The molecule has 46 heavy (non-hydrogen) atoms. The maximum Gasteiger partial charge on any atom is 0.434 e. The molecule has 2 aliphatic heterocycles. The third-order valence-corrected chi connectivity index (χ3v) is 9.50. The number of benzene rings is 7. The van der Waals surface area contributed by atoms with Crippen LogP contribution in [-0.2, 0) is 0 Å². The molecule has 0 atom stereocenters. The Hall–Kier alpha value is -6.00. The fraction of sp³-hybridized carbons (Fsp3) is 0. The Labute approximate surface area is 267 Å². The van der Waals surface area contributed by atoms with Crippen LogP contribution in [0, 0.1) is 0 Å². The maximum atomic E-state index is 7.04. The first-order valence-corrected chi connectivity index (χ1v) is 15.7. The molecule has 10 rings (SSSR count). The summed E-state index contributed by atoms with van der Waals surface area (Å²) in [5.41, 5.74) is 12.5. The molecule has 4 heteroatoms. The summed E-state index contributed by atoms with van der Waals surface area (Å²) >= 11 is 0. The van der Waals surface area contributed by atoms with Gasteiger partial charge in [-0.25, -0.2) is 0 Å². The maximum absolute atomic E-state index is 7.04. The summed E-state index contributed by atoms with van der Waals surface area (Å²) in [5, 5.41) is 2.49. The number of fused-ring (bicyclic) bond motifs is 7. The average Bonchev–Trinajstić information content (AvgIpc) is 3.46. The zero-order valence-corrected chi connectivity index (χ0v) is 24.9. The van der Waals surface area contributed by atoms with Crippen molar-refractivity contribution < 1.29 is 9.39 Å². The van der Waals surface area contributed by atoms with Gasteiger partial charge in [0.15, 0.2) is 0 Å². The molecule has 2 aliphatic rings. The molecule has 3 heterocycles. The van der Waals surface area contributed by atoms with E-state index < -0.39 is 0 Å². The van der Waals surface area contributed by atoms with Gasteiger partial charge in [0.1, 0.15) is 17.2 Å². The third kappa shape index (κ3) is 3.67. The van der Waals surface area contributed by atoms with Crippen LogP contribution in [0.4, 0.5) is 0 Å². The van der Waals surface area contributed by atoms with Crippen molar-refractivity contribution in [3.05, 3.63) is 158 Å². The van der Waals surface area contributed by atoms with Crippen molar-refractivity contribution in [3.63, 3.8) is 0 Å². The molecule has 0 radical (unpaired) electrons. The van der Waals surface area contributed by atoms with Crippen LogP contribution < -0.4 is 20.3 Å². The van der Waals surface area contributed by atoms with Gasteiger partial charge < -0.3 is 14.0 Å². The van der Waals surface area contributed by atoms with Gasteiger partial charge in [-0.3, -0.25) is 0 Å². The molecule has 8 aromatic rings. The van der Waals surface area contributed by atoms with Gasteiger partial charge in [0.05, 0.1) is 11.0 Å². The van der Waals surface area contributed by atoms with E-state index in [2.05, 4.69) is 156 Å². The van der Waals surface area contributed by atoms with E-state index >= 15 is 0 Å². The highest BCUT2D eigenvalue weighted by molar-refractivity contribution is 6.84. The molecule has 0 aliphatic carbocycles. The van der Waals surface area contributed by atoms with Crippen LogP contribution in [0.3, 0.4) is 0 Å². The highest BCUT2D eigenvalue weighted by Crippen LogP contribution is 2.42. The zero-order valence-electron chi connectivity index (χ0n) is 24.9. The van der Waals surface area contributed by atoms with E-state index in [4.69, 9.17) is 9.39 Å². The predicted molar refractivity (Wildman–Crippen MR) is 189 cm³/mol. The van der Waals surface area contributed by atoms with Crippen LogP contribution in [0.25, 0.3) is 60.9 Å². The lowest BCUT2D eigenvalue weighted by Crippen LogP contribution is -2.53. The van der Waals surface area contributed by atoms with E-state index in [1.165, 1.54) is 38.5 Å². The minimum absolute atomic E-state index is 0.292. The molecule has 3 nitrogen and oxygen atoms in total. The topological polar surface area (TPSA) is 23.4 Å². The Bertz CT molecular complexity index is 2440. The average molecular weight is 587 g/mol. The summed E-state index contributed by atoms with van der Waals surface area (Å²) in [6, 6.07) is 55.8. The lowest BCUT2D eigenvalue weighted by Gasteiger charge is -2.33. The van der Waals surface area contributed by atoms with E-state index in [0.29, 0.717) is 0 Å². The molecule has 0 spiro atoms. The summed E-state index contributed by atoms with van der Waals surface area (Å²) in [7, 11) is 0. The Balaban J connectivity index is 1.14. The molecule has 0 saturated heterocycles. The van der Waals surface area contributed by atoms with Gasteiger partial charge in [-0.1, -0.05) is 115 Å². The zero-order chi connectivity index (χ0) is 30.2. The molecule has 1 aromatic heterocycles. The second-order valence-electron chi connectivity index (χ2n) is 12.0. The van der Waals surface area contributed by atoms with Crippen LogP contribution in [0.5, 0.6) is 17.2 Å². The van der Waals surface area contributed by atoms with E-state index in [-0.39, 0.29) is 6.92 Å². The van der Waals surface area contributed by atoms with Crippen molar-refractivity contribution in [1.82, 2.24) is 4.57 Å². The molecular formula is C42H26BNO2. The summed E-state index contributed by atoms with van der Waals surface area (Å²) in [5.74, 6) is 2.55. The van der Waals surface area contributed by atoms with Crippen LogP contribution in [0.15, 0.2) is 158 Å². The SMILES string of the molecule is c1ccc(-c2ccccc2-c2ccc3c(c2)B2Oc4cc(-n5c6ccccc6c6ccccc65)ccc4-c4cccc(c42)O3)cc1. The second-order valence-corrected chi connectivity index (χ2v) is 12.0. The minimum Gasteiger partial charge on any atom is -0.551 e. The van der Waals surface area contributed by atoms with Crippen LogP contribution in [0.1, 0.15) is 0 Å². The van der Waals surface area contributed by atoms with Crippen molar-refractivity contribution in [2.24, 2.45) is 0 Å². The molecule has 214 valence electrons. The Morgan fingerprint density at radius 3 is 1.89 bits per heavy atom. The van der Waals surface area contributed by atoms with Crippen molar-refractivity contribution in [3.8, 4) is 56.3 Å².